The first-order chi connectivity index (χ1) is 11.3. The highest BCUT2D eigenvalue weighted by Gasteiger charge is 2.21. The Kier molecular flexibility index (Phi) is 6.40. The Morgan fingerprint density at radius 3 is 2.67 bits per heavy atom. The first kappa shape index (κ1) is 18.9. The van der Waals surface area contributed by atoms with Crippen LogP contribution < -0.4 is 0 Å². The second-order valence-electron chi connectivity index (χ2n) is 6.73. The highest BCUT2D eigenvalue weighted by Crippen LogP contribution is 2.23. The zero-order valence-electron chi connectivity index (χ0n) is 14.6. The molecule has 0 fully saturated rings. The van der Waals surface area contributed by atoms with E-state index < -0.39 is 0 Å². The molecule has 5 nitrogen and oxygen atoms in total. The van der Waals surface area contributed by atoms with Crippen LogP contribution in [0.3, 0.4) is 0 Å². The minimum atomic E-state index is -0.126. The molecule has 0 bridgehead atoms. The van der Waals surface area contributed by atoms with Crippen LogP contribution >= 0.6 is 22.9 Å². The van der Waals surface area contributed by atoms with E-state index >= 15 is 0 Å². The molecule has 0 aliphatic heterocycles. The quantitative estimate of drug-likeness (QED) is 0.723. The summed E-state index contributed by atoms with van der Waals surface area (Å²) in [5, 5.41) is 4.00. The van der Waals surface area contributed by atoms with Crippen molar-refractivity contribution < 1.29 is 9.32 Å². The van der Waals surface area contributed by atoms with Crippen molar-refractivity contribution >= 4 is 28.8 Å². The summed E-state index contributed by atoms with van der Waals surface area (Å²) in [4.78, 5) is 19.7. The molecule has 7 heteroatoms. The van der Waals surface area contributed by atoms with Gasteiger partial charge in [0.1, 0.15) is 0 Å². The Labute approximate surface area is 152 Å². The van der Waals surface area contributed by atoms with Gasteiger partial charge in [0.15, 0.2) is 5.82 Å². The number of rotatable bonds is 7. The lowest BCUT2D eigenvalue weighted by Gasteiger charge is -2.20. The van der Waals surface area contributed by atoms with E-state index in [1.54, 1.807) is 0 Å². The standard InChI is InChI=1S/C17H24ClN3O2S/c1-5-21(11-12-9-10-13(18)24-12)15(22)8-6-7-14-19-16(20-23-14)17(2,3)4/h9-10H,5-8,11H2,1-4H3. The van der Waals surface area contributed by atoms with Crippen molar-refractivity contribution in [1.29, 1.82) is 0 Å². The molecule has 2 aromatic heterocycles. The maximum absolute atomic E-state index is 12.4. The fourth-order valence-electron chi connectivity index (χ4n) is 2.21. The molecule has 0 unspecified atom stereocenters. The average molecular weight is 370 g/mol. The van der Waals surface area contributed by atoms with E-state index in [1.807, 2.05) is 44.7 Å². The maximum Gasteiger partial charge on any atom is 0.226 e. The fraction of sp³-hybridized carbons (Fsp3) is 0.588. The summed E-state index contributed by atoms with van der Waals surface area (Å²) in [6.45, 7) is 9.41. The molecule has 24 heavy (non-hydrogen) atoms. The molecule has 0 saturated carbocycles. The van der Waals surface area contributed by atoms with Crippen LogP contribution in [0.4, 0.5) is 0 Å². The molecule has 2 rings (SSSR count). The zero-order chi connectivity index (χ0) is 17.7. The van der Waals surface area contributed by atoms with Gasteiger partial charge in [0, 0.05) is 29.7 Å². The topological polar surface area (TPSA) is 59.2 Å². The number of hydrogen-bond acceptors (Lipinski definition) is 5. The summed E-state index contributed by atoms with van der Waals surface area (Å²) in [5.41, 5.74) is -0.126. The predicted octanol–water partition coefficient (Wildman–Crippen LogP) is 4.45. The molecule has 2 heterocycles. The summed E-state index contributed by atoms with van der Waals surface area (Å²) in [6, 6.07) is 3.83. The highest BCUT2D eigenvalue weighted by molar-refractivity contribution is 7.16. The van der Waals surface area contributed by atoms with Gasteiger partial charge in [-0.05, 0) is 25.5 Å². The lowest BCUT2D eigenvalue weighted by molar-refractivity contribution is -0.131. The van der Waals surface area contributed by atoms with E-state index in [-0.39, 0.29) is 11.3 Å². The number of halogens is 1. The Balaban J connectivity index is 1.82. The van der Waals surface area contributed by atoms with Crippen molar-refractivity contribution in [1.82, 2.24) is 15.0 Å². The van der Waals surface area contributed by atoms with Crippen molar-refractivity contribution in [2.24, 2.45) is 0 Å². The van der Waals surface area contributed by atoms with Crippen LogP contribution in [0.2, 0.25) is 4.34 Å². The van der Waals surface area contributed by atoms with Crippen LogP contribution in [0, 0.1) is 0 Å². The fourth-order valence-corrected chi connectivity index (χ4v) is 3.31. The van der Waals surface area contributed by atoms with Crippen LogP contribution in [-0.4, -0.2) is 27.5 Å². The van der Waals surface area contributed by atoms with Gasteiger partial charge in [0.25, 0.3) is 0 Å². The number of thiophene rings is 1. The zero-order valence-corrected chi connectivity index (χ0v) is 16.2. The van der Waals surface area contributed by atoms with Crippen LogP contribution in [0.25, 0.3) is 0 Å². The van der Waals surface area contributed by atoms with Crippen LogP contribution in [0.15, 0.2) is 16.7 Å². The third-order valence-corrected chi connectivity index (χ3v) is 4.85. The van der Waals surface area contributed by atoms with E-state index in [1.165, 1.54) is 11.3 Å². The smallest absolute Gasteiger partial charge is 0.226 e. The van der Waals surface area contributed by atoms with Gasteiger partial charge in [-0.1, -0.05) is 37.5 Å². The first-order valence-electron chi connectivity index (χ1n) is 8.14. The third-order valence-electron chi connectivity index (χ3n) is 3.63. The lowest BCUT2D eigenvalue weighted by Crippen LogP contribution is -2.29. The van der Waals surface area contributed by atoms with E-state index in [0.717, 1.165) is 9.21 Å². The summed E-state index contributed by atoms with van der Waals surface area (Å²) >= 11 is 7.46. The number of aromatic nitrogens is 2. The summed E-state index contributed by atoms with van der Waals surface area (Å²) < 4.78 is 6.01. The van der Waals surface area contributed by atoms with Gasteiger partial charge in [-0.3, -0.25) is 4.79 Å². The number of carbonyl (C=O) groups excluding carboxylic acids is 1. The van der Waals surface area contributed by atoms with Crippen molar-refractivity contribution in [3.05, 3.63) is 33.1 Å². The van der Waals surface area contributed by atoms with Gasteiger partial charge in [0.05, 0.1) is 10.9 Å². The first-order valence-corrected chi connectivity index (χ1v) is 9.34. The van der Waals surface area contributed by atoms with Gasteiger partial charge in [-0.2, -0.15) is 4.98 Å². The Bertz CT molecular complexity index is 675. The minimum absolute atomic E-state index is 0.126. The molecule has 0 radical (unpaired) electrons. The van der Waals surface area contributed by atoms with Crippen molar-refractivity contribution in [2.75, 3.05) is 6.54 Å². The van der Waals surface area contributed by atoms with Crippen LogP contribution in [-0.2, 0) is 23.2 Å². The maximum atomic E-state index is 12.4. The molecular weight excluding hydrogens is 346 g/mol. The molecule has 0 atom stereocenters. The third kappa shape index (κ3) is 5.31. The molecule has 0 spiro atoms. The predicted molar refractivity (Wildman–Crippen MR) is 96.4 cm³/mol. The SMILES string of the molecule is CCN(Cc1ccc(Cl)s1)C(=O)CCCc1nc(C(C)(C)C)no1. The normalized spacial score (nSPS) is 11.7. The van der Waals surface area contributed by atoms with Gasteiger partial charge in [-0.25, -0.2) is 0 Å². The van der Waals surface area contributed by atoms with E-state index in [9.17, 15) is 4.79 Å². The Hall–Kier alpha value is -1.40. The van der Waals surface area contributed by atoms with Crippen LogP contribution in [0.5, 0.6) is 0 Å². The minimum Gasteiger partial charge on any atom is -0.339 e. The van der Waals surface area contributed by atoms with Gasteiger partial charge < -0.3 is 9.42 Å². The Morgan fingerprint density at radius 2 is 2.12 bits per heavy atom. The summed E-state index contributed by atoms with van der Waals surface area (Å²) in [7, 11) is 0. The summed E-state index contributed by atoms with van der Waals surface area (Å²) in [5.74, 6) is 1.44. The van der Waals surface area contributed by atoms with Gasteiger partial charge in [-0.15, -0.1) is 11.3 Å². The van der Waals surface area contributed by atoms with E-state index in [0.29, 0.717) is 44.1 Å². The molecule has 0 aromatic carbocycles. The number of hydrogen-bond donors (Lipinski definition) is 0. The number of carbonyl (C=O) groups is 1. The molecule has 0 aliphatic rings. The van der Waals surface area contributed by atoms with Crippen LogP contribution in [0.1, 0.15) is 57.1 Å². The molecule has 0 N–H and O–H groups in total. The van der Waals surface area contributed by atoms with E-state index in [4.69, 9.17) is 16.1 Å². The van der Waals surface area contributed by atoms with Crippen molar-refractivity contribution in [3.8, 4) is 0 Å². The number of aryl methyl sites for hydroxylation is 1. The molecule has 0 aliphatic carbocycles. The van der Waals surface area contributed by atoms with Gasteiger partial charge >= 0.3 is 0 Å². The second kappa shape index (κ2) is 8.12. The average Bonchev–Trinajstić information content (AvgIpc) is 3.13. The molecule has 1 amide bonds. The number of nitrogens with zero attached hydrogens (tertiary/aromatic N) is 3. The molecule has 2 aromatic rings. The highest BCUT2D eigenvalue weighted by atomic mass is 35.5. The molecule has 0 saturated heterocycles. The molecular formula is C17H24ClN3O2S. The lowest BCUT2D eigenvalue weighted by atomic mass is 9.96. The molecule has 132 valence electrons. The van der Waals surface area contributed by atoms with E-state index in [2.05, 4.69) is 10.1 Å². The van der Waals surface area contributed by atoms with Crippen molar-refractivity contribution in [2.45, 2.75) is 58.9 Å². The van der Waals surface area contributed by atoms with Gasteiger partial charge in [0.2, 0.25) is 11.8 Å². The largest absolute Gasteiger partial charge is 0.339 e. The summed E-state index contributed by atoms with van der Waals surface area (Å²) in [6.07, 6.45) is 1.80. The second-order valence-corrected chi connectivity index (χ2v) is 8.53. The van der Waals surface area contributed by atoms with Crippen molar-refractivity contribution in [3.63, 3.8) is 0 Å². The monoisotopic (exact) mass is 369 g/mol. The Morgan fingerprint density at radius 1 is 1.38 bits per heavy atom. The number of amides is 1.